The Morgan fingerprint density at radius 1 is 1.35 bits per heavy atom. The van der Waals surface area contributed by atoms with Crippen molar-refractivity contribution in [1.29, 1.82) is 0 Å². The molecule has 5 rings (SSSR count). The first-order valence-electron chi connectivity index (χ1n) is 9.68. The van der Waals surface area contributed by atoms with Gasteiger partial charge in [-0.2, -0.15) is 4.80 Å². The molecular formula is C20H18FN7O3. The van der Waals surface area contributed by atoms with Crippen molar-refractivity contribution in [2.75, 3.05) is 11.4 Å². The monoisotopic (exact) mass is 423 g/mol. The van der Waals surface area contributed by atoms with Gasteiger partial charge in [0, 0.05) is 24.2 Å². The fourth-order valence-corrected chi connectivity index (χ4v) is 4.00. The number of hydrogen-bond donors (Lipinski definition) is 1. The van der Waals surface area contributed by atoms with Crippen LogP contribution in [0.4, 0.5) is 14.9 Å². The lowest BCUT2D eigenvalue weighted by Crippen LogP contribution is -2.40. The number of carbonyl (C=O) groups excluding carboxylic acids is 2. The number of amides is 2. The molecule has 1 fully saturated rings. The van der Waals surface area contributed by atoms with E-state index in [-0.39, 0.29) is 18.5 Å². The first-order chi connectivity index (χ1) is 14.9. The minimum absolute atomic E-state index is 0.203. The molecule has 1 N–H and O–H groups in total. The molecule has 1 aromatic carbocycles. The van der Waals surface area contributed by atoms with Crippen LogP contribution in [-0.2, 0) is 23.0 Å². The minimum Gasteiger partial charge on any atom is -0.442 e. The number of aryl methyl sites for hydroxylation is 1. The van der Waals surface area contributed by atoms with Crippen LogP contribution in [0.15, 0.2) is 30.5 Å². The van der Waals surface area contributed by atoms with Crippen molar-refractivity contribution >= 4 is 17.7 Å². The van der Waals surface area contributed by atoms with Crippen molar-refractivity contribution in [1.82, 2.24) is 30.5 Å². The van der Waals surface area contributed by atoms with Gasteiger partial charge in [-0.15, -0.1) is 10.2 Å². The topological polar surface area (TPSA) is 115 Å². The maximum absolute atomic E-state index is 15.0. The Labute approximate surface area is 176 Å². The highest BCUT2D eigenvalue weighted by Crippen LogP contribution is 2.41. The fraction of sp³-hybridized carbons (Fsp3) is 0.300. The van der Waals surface area contributed by atoms with Crippen LogP contribution in [0, 0.1) is 5.82 Å². The summed E-state index contributed by atoms with van der Waals surface area (Å²) in [6.07, 6.45) is 1.04. The molecule has 31 heavy (non-hydrogen) atoms. The van der Waals surface area contributed by atoms with E-state index in [2.05, 4.69) is 25.7 Å². The van der Waals surface area contributed by atoms with Crippen LogP contribution in [0.1, 0.15) is 12.5 Å². The molecule has 0 spiro atoms. The number of anilines is 1. The quantitative estimate of drug-likeness (QED) is 0.676. The summed E-state index contributed by atoms with van der Waals surface area (Å²) < 4.78 is 20.4. The summed E-state index contributed by atoms with van der Waals surface area (Å²) in [6.45, 7) is 1.62. The average molecular weight is 423 g/mol. The van der Waals surface area contributed by atoms with Gasteiger partial charge >= 0.3 is 6.09 Å². The zero-order valence-electron chi connectivity index (χ0n) is 16.7. The van der Waals surface area contributed by atoms with Crippen LogP contribution in [0.3, 0.4) is 0 Å². The van der Waals surface area contributed by atoms with Crippen molar-refractivity contribution in [3.8, 4) is 22.6 Å². The lowest BCUT2D eigenvalue weighted by molar-refractivity contribution is -0.119. The highest BCUT2D eigenvalue weighted by atomic mass is 19.1. The molecule has 3 aromatic rings. The van der Waals surface area contributed by atoms with Crippen molar-refractivity contribution in [3.63, 3.8) is 0 Å². The number of cyclic esters (lactones) is 1. The number of ether oxygens (including phenoxy) is 1. The summed E-state index contributed by atoms with van der Waals surface area (Å²) in [5, 5.41) is 14.5. The zero-order chi connectivity index (χ0) is 21.7. The van der Waals surface area contributed by atoms with Gasteiger partial charge in [0.05, 0.1) is 25.3 Å². The number of nitrogens with zero attached hydrogens (tertiary/aromatic N) is 6. The number of fused-ring (bicyclic) bond motifs is 3. The number of benzene rings is 1. The van der Waals surface area contributed by atoms with E-state index in [0.717, 1.165) is 5.56 Å². The Kier molecular flexibility index (Phi) is 4.38. The lowest BCUT2D eigenvalue weighted by atomic mass is 10.00. The van der Waals surface area contributed by atoms with Crippen LogP contribution in [0.25, 0.3) is 22.6 Å². The standard InChI is InChI=1S/C20H18FN7O3/c1-10(29)22-9-18-17-6-12-5-13(14(21)7-16(12)28(17)20(30)31-18)11-3-4-15(23-8-11)19-24-26-27(2)25-19/h3-5,7-8,17-18H,6,9H2,1-2H3,(H,22,29)/t17-,18?/m0/s1. The molecule has 0 bridgehead atoms. The Balaban J connectivity index is 1.43. The first-order valence-corrected chi connectivity index (χ1v) is 9.68. The second kappa shape index (κ2) is 7.11. The minimum atomic E-state index is -0.534. The predicted molar refractivity (Wildman–Crippen MR) is 106 cm³/mol. The zero-order valence-corrected chi connectivity index (χ0v) is 16.7. The second-order valence-electron chi connectivity index (χ2n) is 7.50. The van der Waals surface area contributed by atoms with E-state index in [0.29, 0.717) is 34.8 Å². The van der Waals surface area contributed by atoms with Gasteiger partial charge in [-0.25, -0.2) is 9.18 Å². The molecule has 1 unspecified atom stereocenters. The summed E-state index contributed by atoms with van der Waals surface area (Å²) in [5.74, 6) is -0.288. The lowest BCUT2D eigenvalue weighted by Gasteiger charge is -2.16. The van der Waals surface area contributed by atoms with E-state index < -0.39 is 18.0 Å². The van der Waals surface area contributed by atoms with Gasteiger partial charge in [-0.1, -0.05) is 6.07 Å². The summed E-state index contributed by atoms with van der Waals surface area (Å²) in [6, 6.07) is 6.26. The molecule has 2 aliphatic heterocycles. The van der Waals surface area contributed by atoms with Gasteiger partial charge in [0.15, 0.2) is 0 Å². The number of hydrogen-bond acceptors (Lipinski definition) is 7. The van der Waals surface area contributed by atoms with E-state index in [1.807, 2.05) is 0 Å². The summed E-state index contributed by atoms with van der Waals surface area (Å²) in [5.41, 5.74) is 2.85. The first kappa shape index (κ1) is 19.1. The molecule has 4 heterocycles. The van der Waals surface area contributed by atoms with E-state index in [1.165, 1.54) is 22.7 Å². The molecule has 0 radical (unpaired) electrons. The smallest absolute Gasteiger partial charge is 0.415 e. The van der Waals surface area contributed by atoms with Crippen molar-refractivity contribution in [2.24, 2.45) is 7.05 Å². The third-order valence-electron chi connectivity index (χ3n) is 5.43. The summed E-state index contributed by atoms with van der Waals surface area (Å²) >= 11 is 0. The molecule has 0 aliphatic carbocycles. The number of halogens is 1. The van der Waals surface area contributed by atoms with Gasteiger partial charge in [-0.3, -0.25) is 14.7 Å². The Hall–Kier alpha value is -3.89. The predicted octanol–water partition coefficient (Wildman–Crippen LogP) is 1.46. The van der Waals surface area contributed by atoms with Gasteiger partial charge in [0.2, 0.25) is 11.7 Å². The van der Waals surface area contributed by atoms with Gasteiger partial charge in [0.1, 0.15) is 17.6 Å². The number of aromatic nitrogens is 5. The highest BCUT2D eigenvalue weighted by Gasteiger charge is 2.47. The van der Waals surface area contributed by atoms with Crippen molar-refractivity contribution in [3.05, 3.63) is 41.8 Å². The SMILES string of the molecule is CC(=O)NCC1OC(=O)N2c3cc(F)c(-c4ccc(-c5nnn(C)n5)nc4)cc3C[C@@H]12. The molecule has 2 aromatic heterocycles. The fourth-order valence-electron chi connectivity index (χ4n) is 4.00. The van der Waals surface area contributed by atoms with Crippen LogP contribution in [-0.4, -0.2) is 55.9 Å². The van der Waals surface area contributed by atoms with Crippen molar-refractivity contribution < 1.29 is 18.7 Å². The molecule has 1 saturated heterocycles. The third kappa shape index (κ3) is 3.27. The van der Waals surface area contributed by atoms with E-state index >= 15 is 0 Å². The van der Waals surface area contributed by atoms with Crippen LogP contribution >= 0.6 is 0 Å². The normalized spacial score (nSPS) is 19.2. The number of tetrazole rings is 1. The van der Waals surface area contributed by atoms with Crippen LogP contribution in [0.5, 0.6) is 0 Å². The van der Waals surface area contributed by atoms with E-state index in [1.54, 1.807) is 31.4 Å². The molecular weight excluding hydrogens is 405 g/mol. The highest BCUT2D eigenvalue weighted by molar-refractivity contribution is 5.94. The molecule has 2 aliphatic rings. The molecule has 0 saturated carbocycles. The van der Waals surface area contributed by atoms with Crippen LogP contribution < -0.4 is 10.2 Å². The van der Waals surface area contributed by atoms with Gasteiger partial charge < -0.3 is 10.1 Å². The Morgan fingerprint density at radius 2 is 2.19 bits per heavy atom. The van der Waals surface area contributed by atoms with Crippen LogP contribution in [0.2, 0.25) is 0 Å². The number of carbonyl (C=O) groups is 2. The Bertz CT molecular complexity index is 1190. The van der Waals surface area contributed by atoms with E-state index in [9.17, 15) is 14.0 Å². The molecule has 10 nitrogen and oxygen atoms in total. The van der Waals surface area contributed by atoms with Crippen molar-refractivity contribution in [2.45, 2.75) is 25.5 Å². The third-order valence-corrected chi connectivity index (χ3v) is 5.43. The number of nitrogens with one attached hydrogen (secondary N) is 1. The summed E-state index contributed by atoms with van der Waals surface area (Å²) in [7, 11) is 1.66. The number of rotatable bonds is 4. The maximum atomic E-state index is 15.0. The molecule has 158 valence electrons. The van der Waals surface area contributed by atoms with Gasteiger partial charge in [-0.05, 0) is 35.4 Å². The van der Waals surface area contributed by atoms with Gasteiger partial charge in [0.25, 0.3) is 0 Å². The summed E-state index contributed by atoms with van der Waals surface area (Å²) in [4.78, 5) is 30.7. The average Bonchev–Trinajstić information content (AvgIpc) is 3.41. The van der Waals surface area contributed by atoms with E-state index in [4.69, 9.17) is 4.74 Å². The second-order valence-corrected chi connectivity index (χ2v) is 7.50. The number of pyridine rings is 1. The molecule has 2 atom stereocenters. The maximum Gasteiger partial charge on any atom is 0.415 e. The Morgan fingerprint density at radius 3 is 2.87 bits per heavy atom. The molecule has 2 amide bonds. The largest absolute Gasteiger partial charge is 0.442 e. The molecule has 11 heteroatoms.